The third-order valence-electron chi connectivity index (χ3n) is 6.26. The molecule has 5 rings (SSSR count). The molecular formula is C24H24F2N8O3. The number of nitro benzene ring substituents is 1. The first-order valence-corrected chi connectivity index (χ1v) is 11.5. The predicted molar refractivity (Wildman–Crippen MR) is 134 cm³/mol. The quantitative estimate of drug-likeness (QED) is 0.291. The molecule has 0 amide bonds. The second-order valence-corrected chi connectivity index (χ2v) is 8.68. The third kappa shape index (κ3) is 4.98. The maximum absolute atomic E-state index is 13.3. The lowest BCUT2D eigenvalue weighted by molar-refractivity contribution is -0.384. The van der Waals surface area contributed by atoms with E-state index in [-0.39, 0.29) is 28.8 Å². The fourth-order valence-electron chi connectivity index (χ4n) is 4.39. The summed E-state index contributed by atoms with van der Waals surface area (Å²) in [5.41, 5.74) is 2.89. The van der Waals surface area contributed by atoms with Gasteiger partial charge in [-0.25, -0.2) is 9.97 Å². The number of pyridine rings is 1. The largest absolute Gasteiger partial charge is 0.433 e. The maximum atomic E-state index is 13.3. The summed E-state index contributed by atoms with van der Waals surface area (Å²) in [6.07, 6.45) is 5.07. The van der Waals surface area contributed by atoms with E-state index in [1.54, 1.807) is 17.2 Å². The Morgan fingerprint density at radius 1 is 1.11 bits per heavy atom. The molecule has 0 radical (unpaired) electrons. The van der Waals surface area contributed by atoms with Crippen molar-refractivity contribution < 1.29 is 18.4 Å². The van der Waals surface area contributed by atoms with Gasteiger partial charge in [-0.2, -0.15) is 8.78 Å². The number of hydrogen-bond acceptors (Lipinski definition) is 9. The van der Waals surface area contributed by atoms with Crippen LogP contribution in [0.4, 0.5) is 31.8 Å². The fraction of sp³-hybridized carbons (Fsp3) is 0.292. The van der Waals surface area contributed by atoms with Crippen molar-refractivity contribution in [1.82, 2.24) is 24.4 Å². The van der Waals surface area contributed by atoms with Gasteiger partial charge in [0, 0.05) is 69.5 Å². The molecule has 1 aliphatic heterocycles. The van der Waals surface area contributed by atoms with Gasteiger partial charge in [0.2, 0.25) is 5.95 Å². The van der Waals surface area contributed by atoms with Crippen LogP contribution in [0.25, 0.3) is 22.3 Å². The van der Waals surface area contributed by atoms with Crippen molar-refractivity contribution in [2.75, 3.05) is 43.4 Å². The Morgan fingerprint density at radius 2 is 1.89 bits per heavy atom. The Bertz CT molecular complexity index is 1450. The molecule has 13 heteroatoms. The van der Waals surface area contributed by atoms with Gasteiger partial charge < -0.3 is 24.4 Å². The number of ether oxygens (including phenoxy) is 1. The second kappa shape index (κ2) is 9.93. The molecule has 0 bridgehead atoms. The van der Waals surface area contributed by atoms with Gasteiger partial charge in [0.05, 0.1) is 27.3 Å². The summed E-state index contributed by atoms with van der Waals surface area (Å²) in [5.74, 6) is -0.179. The van der Waals surface area contributed by atoms with E-state index in [0.29, 0.717) is 31.9 Å². The first kappa shape index (κ1) is 24.3. The van der Waals surface area contributed by atoms with E-state index in [2.05, 4.69) is 25.2 Å². The highest BCUT2D eigenvalue weighted by Gasteiger charge is 2.27. The van der Waals surface area contributed by atoms with E-state index in [1.807, 2.05) is 37.0 Å². The van der Waals surface area contributed by atoms with E-state index in [4.69, 9.17) is 4.74 Å². The summed E-state index contributed by atoms with van der Waals surface area (Å²) in [7, 11) is 3.84. The Balaban J connectivity index is 1.53. The fourth-order valence-corrected chi connectivity index (χ4v) is 4.39. The van der Waals surface area contributed by atoms with Gasteiger partial charge in [0.1, 0.15) is 5.69 Å². The van der Waals surface area contributed by atoms with Crippen LogP contribution >= 0.6 is 0 Å². The van der Waals surface area contributed by atoms with Crippen LogP contribution in [0.3, 0.4) is 0 Å². The molecule has 1 fully saturated rings. The van der Waals surface area contributed by atoms with Crippen LogP contribution < -0.4 is 15.0 Å². The van der Waals surface area contributed by atoms with Crippen molar-refractivity contribution >= 4 is 34.0 Å². The number of benzene rings is 1. The number of hydrogen-bond donors (Lipinski definition) is 1. The lowest BCUT2D eigenvalue weighted by Crippen LogP contribution is -2.44. The first-order valence-electron chi connectivity index (χ1n) is 11.5. The second-order valence-electron chi connectivity index (χ2n) is 8.68. The van der Waals surface area contributed by atoms with Crippen LogP contribution in [-0.2, 0) is 7.05 Å². The van der Waals surface area contributed by atoms with E-state index < -0.39 is 11.5 Å². The van der Waals surface area contributed by atoms with E-state index in [0.717, 1.165) is 16.6 Å². The highest BCUT2D eigenvalue weighted by molar-refractivity contribution is 5.92. The molecule has 3 aromatic heterocycles. The molecule has 0 spiro atoms. The van der Waals surface area contributed by atoms with E-state index in [1.165, 1.54) is 18.3 Å². The van der Waals surface area contributed by atoms with Crippen molar-refractivity contribution in [3.8, 4) is 17.0 Å². The maximum Gasteiger partial charge on any atom is 0.387 e. The zero-order valence-electron chi connectivity index (χ0n) is 20.1. The number of aromatic nitrogens is 4. The van der Waals surface area contributed by atoms with Crippen LogP contribution in [0.1, 0.15) is 0 Å². The minimum atomic E-state index is -3.13. The number of anilines is 3. The predicted octanol–water partition coefficient (Wildman–Crippen LogP) is 4.04. The molecule has 0 atom stereocenters. The lowest BCUT2D eigenvalue weighted by Gasteiger charge is -2.34. The Morgan fingerprint density at radius 3 is 2.62 bits per heavy atom. The smallest absolute Gasteiger partial charge is 0.387 e. The Hall–Kier alpha value is -4.39. The highest BCUT2D eigenvalue weighted by atomic mass is 19.3. The topological polar surface area (TPSA) is 114 Å². The molecule has 0 unspecified atom stereocenters. The summed E-state index contributed by atoms with van der Waals surface area (Å²) in [4.78, 5) is 28.4. The molecule has 0 saturated carbocycles. The summed E-state index contributed by atoms with van der Waals surface area (Å²) in [5, 5.41) is 14.8. The number of aryl methyl sites for hydroxylation is 1. The van der Waals surface area contributed by atoms with Crippen molar-refractivity contribution in [3.63, 3.8) is 0 Å². The van der Waals surface area contributed by atoms with Crippen LogP contribution in [0.2, 0.25) is 0 Å². The normalized spacial score (nSPS) is 14.4. The number of alkyl halides is 2. The number of halogens is 2. The number of rotatable bonds is 7. The van der Waals surface area contributed by atoms with Gasteiger partial charge >= 0.3 is 6.61 Å². The number of nitrogens with one attached hydrogen (secondary N) is 1. The Labute approximate surface area is 210 Å². The molecule has 37 heavy (non-hydrogen) atoms. The minimum absolute atomic E-state index is 0.0435. The van der Waals surface area contributed by atoms with Crippen LogP contribution in [0.15, 0.2) is 48.9 Å². The average Bonchev–Trinajstić information content (AvgIpc) is 3.22. The standard InChI is InChI=1S/C24H24F2N8O3/c1-31-8-10-33(11-9-31)19-13-21(37-23(25)26)17(12-20(19)34(35)36)30-24-28-7-5-16(29-24)15-14-32(2)18-4-3-6-27-22(15)18/h3-7,12-14,23H,8-11H2,1-2H3,(H,28,29,30). The molecule has 0 aliphatic carbocycles. The van der Waals surface area contributed by atoms with Crippen molar-refractivity contribution in [3.05, 3.63) is 59.0 Å². The summed E-state index contributed by atoms with van der Waals surface area (Å²) >= 11 is 0. The van der Waals surface area contributed by atoms with Crippen LogP contribution in [0.5, 0.6) is 5.75 Å². The van der Waals surface area contributed by atoms with E-state index >= 15 is 0 Å². The zero-order chi connectivity index (χ0) is 26.1. The Kier molecular flexibility index (Phi) is 6.53. The van der Waals surface area contributed by atoms with Gasteiger partial charge in [0.25, 0.3) is 5.69 Å². The van der Waals surface area contributed by atoms with Crippen LogP contribution in [0, 0.1) is 10.1 Å². The monoisotopic (exact) mass is 510 g/mol. The van der Waals surface area contributed by atoms with Gasteiger partial charge in [0.15, 0.2) is 5.75 Å². The van der Waals surface area contributed by atoms with Gasteiger partial charge in [-0.05, 0) is 25.2 Å². The average molecular weight is 511 g/mol. The van der Waals surface area contributed by atoms with Crippen molar-refractivity contribution in [2.24, 2.45) is 7.05 Å². The molecule has 1 aliphatic rings. The zero-order valence-corrected chi connectivity index (χ0v) is 20.1. The lowest BCUT2D eigenvalue weighted by atomic mass is 10.1. The molecule has 1 saturated heterocycles. The number of likely N-dealkylation sites (N-methyl/N-ethyl adjacent to an activating group) is 1. The summed E-state index contributed by atoms with van der Waals surface area (Å²) < 4.78 is 33.3. The number of nitrogens with zero attached hydrogens (tertiary/aromatic N) is 7. The van der Waals surface area contributed by atoms with E-state index in [9.17, 15) is 18.9 Å². The SMILES string of the molecule is CN1CCN(c2cc(OC(F)F)c(Nc3nccc(-c4cn(C)c5cccnc45)n3)cc2[N+](=O)[O-])CC1. The first-order chi connectivity index (χ1) is 17.8. The molecule has 11 nitrogen and oxygen atoms in total. The van der Waals surface area contributed by atoms with Gasteiger partial charge in [-0.3, -0.25) is 15.1 Å². The molecule has 1 aromatic carbocycles. The molecule has 1 N–H and O–H groups in total. The molecular weight excluding hydrogens is 486 g/mol. The summed E-state index contributed by atoms with van der Waals surface area (Å²) in [6, 6.07) is 7.92. The highest BCUT2D eigenvalue weighted by Crippen LogP contribution is 2.40. The third-order valence-corrected chi connectivity index (χ3v) is 6.26. The number of nitro groups is 1. The van der Waals surface area contributed by atoms with Crippen LogP contribution in [-0.4, -0.2) is 69.2 Å². The molecule has 4 heterocycles. The minimum Gasteiger partial charge on any atom is -0.433 e. The van der Waals surface area contributed by atoms with Crippen molar-refractivity contribution in [2.45, 2.75) is 6.61 Å². The van der Waals surface area contributed by atoms with Crippen molar-refractivity contribution in [1.29, 1.82) is 0 Å². The molecule has 192 valence electrons. The summed E-state index contributed by atoms with van der Waals surface area (Å²) in [6.45, 7) is -0.723. The number of piperazine rings is 1. The number of fused-ring (bicyclic) bond motifs is 1. The van der Waals surface area contributed by atoms with Gasteiger partial charge in [-0.1, -0.05) is 0 Å². The van der Waals surface area contributed by atoms with Gasteiger partial charge in [-0.15, -0.1) is 0 Å². The molecule has 4 aromatic rings.